The van der Waals surface area contributed by atoms with E-state index in [4.69, 9.17) is 16.9 Å². The van der Waals surface area contributed by atoms with Crippen LogP contribution in [0.4, 0.5) is 0 Å². The van der Waals surface area contributed by atoms with Gasteiger partial charge in [0.2, 0.25) is 0 Å². The molecule has 1 atom stereocenters. The maximum absolute atomic E-state index is 8.84. The van der Waals surface area contributed by atoms with Crippen molar-refractivity contribution in [3.8, 4) is 6.07 Å². The Bertz CT molecular complexity index is 518. The van der Waals surface area contributed by atoms with Gasteiger partial charge in [-0.2, -0.15) is 5.26 Å². The third kappa shape index (κ3) is 1.90. The molecule has 0 saturated carbocycles. The summed E-state index contributed by atoms with van der Waals surface area (Å²) in [5, 5.41) is 9.80. The van der Waals surface area contributed by atoms with Crippen molar-refractivity contribution in [2.24, 2.45) is 0 Å². The summed E-state index contributed by atoms with van der Waals surface area (Å²) < 4.78 is 0. The summed E-state index contributed by atoms with van der Waals surface area (Å²) in [5.41, 5.74) is 0.841. The van der Waals surface area contributed by atoms with E-state index < -0.39 is 5.92 Å². The van der Waals surface area contributed by atoms with Gasteiger partial charge in [0, 0.05) is 17.5 Å². The van der Waals surface area contributed by atoms with E-state index in [1.807, 2.05) is 24.3 Å². The largest absolute Gasteiger partial charge is 0.239 e. The standard InChI is InChI=1S/C11H8ClN3/c12-5-9(6-13)11-14-7-8-3-1-2-4-10(8)15-11/h1-4,7,9H,5H2. The van der Waals surface area contributed by atoms with Crippen molar-refractivity contribution in [1.29, 1.82) is 5.26 Å². The minimum absolute atomic E-state index is 0.217. The van der Waals surface area contributed by atoms with Crippen molar-refractivity contribution in [2.45, 2.75) is 5.92 Å². The highest BCUT2D eigenvalue weighted by molar-refractivity contribution is 6.18. The molecule has 15 heavy (non-hydrogen) atoms. The lowest BCUT2D eigenvalue weighted by Gasteiger charge is -2.04. The fourth-order valence-corrected chi connectivity index (χ4v) is 1.52. The molecule has 0 fully saturated rings. The van der Waals surface area contributed by atoms with Gasteiger partial charge in [-0.15, -0.1) is 11.6 Å². The number of benzene rings is 1. The Morgan fingerprint density at radius 2 is 2.20 bits per heavy atom. The van der Waals surface area contributed by atoms with E-state index in [1.54, 1.807) is 6.20 Å². The fourth-order valence-electron chi connectivity index (χ4n) is 1.32. The zero-order valence-electron chi connectivity index (χ0n) is 7.89. The highest BCUT2D eigenvalue weighted by Crippen LogP contribution is 2.15. The lowest BCUT2D eigenvalue weighted by Crippen LogP contribution is -2.03. The molecule has 0 radical (unpaired) electrons. The summed E-state index contributed by atoms with van der Waals surface area (Å²) in [6, 6.07) is 9.73. The molecule has 0 bridgehead atoms. The Morgan fingerprint density at radius 3 is 2.93 bits per heavy atom. The molecule has 1 heterocycles. The number of alkyl halides is 1. The van der Waals surface area contributed by atoms with Crippen LogP contribution in [-0.4, -0.2) is 15.8 Å². The van der Waals surface area contributed by atoms with Crippen molar-refractivity contribution in [2.75, 3.05) is 5.88 Å². The average molecular weight is 218 g/mol. The van der Waals surface area contributed by atoms with Crippen LogP contribution in [0, 0.1) is 11.3 Å². The molecule has 2 rings (SSSR count). The van der Waals surface area contributed by atoms with Crippen molar-refractivity contribution in [3.63, 3.8) is 0 Å². The van der Waals surface area contributed by atoms with E-state index in [0.29, 0.717) is 5.82 Å². The Kier molecular flexibility index (Phi) is 2.79. The first-order valence-electron chi connectivity index (χ1n) is 4.52. The smallest absolute Gasteiger partial charge is 0.147 e. The van der Waals surface area contributed by atoms with Crippen LogP contribution >= 0.6 is 11.6 Å². The van der Waals surface area contributed by atoms with Crippen LogP contribution in [0.15, 0.2) is 30.5 Å². The van der Waals surface area contributed by atoms with Crippen molar-refractivity contribution in [3.05, 3.63) is 36.3 Å². The number of fused-ring (bicyclic) bond motifs is 1. The summed E-state index contributed by atoms with van der Waals surface area (Å²) in [6.07, 6.45) is 1.72. The lowest BCUT2D eigenvalue weighted by atomic mass is 10.2. The van der Waals surface area contributed by atoms with Crippen LogP contribution in [0.2, 0.25) is 0 Å². The van der Waals surface area contributed by atoms with Gasteiger partial charge in [0.25, 0.3) is 0 Å². The van der Waals surface area contributed by atoms with Crippen molar-refractivity contribution < 1.29 is 0 Å². The molecule has 2 aromatic rings. The molecule has 4 heteroatoms. The number of para-hydroxylation sites is 1. The normalized spacial score (nSPS) is 12.3. The Morgan fingerprint density at radius 1 is 1.40 bits per heavy atom. The molecule has 0 aliphatic heterocycles. The number of nitriles is 1. The van der Waals surface area contributed by atoms with E-state index in [-0.39, 0.29) is 5.88 Å². The van der Waals surface area contributed by atoms with E-state index in [9.17, 15) is 0 Å². The zero-order chi connectivity index (χ0) is 10.7. The van der Waals surface area contributed by atoms with E-state index >= 15 is 0 Å². The SMILES string of the molecule is N#CC(CCl)c1ncc2ccccc2n1. The molecular weight excluding hydrogens is 210 g/mol. The molecule has 0 spiro atoms. The second kappa shape index (κ2) is 4.24. The van der Waals surface area contributed by atoms with Crippen molar-refractivity contribution in [1.82, 2.24) is 9.97 Å². The minimum Gasteiger partial charge on any atom is -0.239 e. The average Bonchev–Trinajstić information content (AvgIpc) is 2.30. The first-order valence-corrected chi connectivity index (χ1v) is 5.06. The lowest BCUT2D eigenvalue weighted by molar-refractivity contribution is 0.873. The molecule has 0 N–H and O–H groups in total. The minimum atomic E-state index is -0.434. The van der Waals surface area contributed by atoms with E-state index in [0.717, 1.165) is 10.9 Å². The van der Waals surface area contributed by atoms with Gasteiger partial charge in [-0.25, -0.2) is 9.97 Å². The van der Waals surface area contributed by atoms with Gasteiger partial charge in [-0.3, -0.25) is 0 Å². The molecule has 0 saturated heterocycles. The van der Waals surface area contributed by atoms with Crippen LogP contribution in [0.3, 0.4) is 0 Å². The topological polar surface area (TPSA) is 49.6 Å². The maximum atomic E-state index is 8.84. The second-order valence-corrected chi connectivity index (χ2v) is 3.43. The van der Waals surface area contributed by atoms with Crippen molar-refractivity contribution >= 4 is 22.5 Å². The number of aromatic nitrogens is 2. The Balaban J connectivity index is 2.52. The summed E-state index contributed by atoms with van der Waals surface area (Å²) in [4.78, 5) is 8.43. The number of hydrogen-bond donors (Lipinski definition) is 0. The van der Waals surface area contributed by atoms with Crippen LogP contribution in [0.5, 0.6) is 0 Å². The van der Waals surface area contributed by atoms with Gasteiger partial charge in [0.15, 0.2) is 0 Å². The van der Waals surface area contributed by atoms with Gasteiger partial charge < -0.3 is 0 Å². The predicted octanol–water partition coefficient (Wildman–Crippen LogP) is 2.48. The van der Waals surface area contributed by atoms with Gasteiger partial charge in [-0.1, -0.05) is 18.2 Å². The Labute approximate surface area is 92.3 Å². The quantitative estimate of drug-likeness (QED) is 0.727. The maximum Gasteiger partial charge on any atom is 0.147 e. The summed E-state index contributed by atoms with van der Waals surface area (Å²) in [6.45, 7) is 0. The molecule has 3 nitrogen and oxygen atoms in total. The molecule has 1 aromatic heterocycles. The number of hydrogen-bond acceptors (Lipinski definition) is 3. The van der Waals surface area contributed by atoms with E-state index in [1.165, 1.54) is 0 Å². The molecule has 1 aromatic carbocycles. The molecule has 0 amide bonds. The third-order valence-electron chi connectivity index (χ3n) is 2.13. The van der Waals surface area contributed by atoms with Gasteiger partial charge in [-0.05, 0) is 6.07 Å². The highest BCUT2D eigenvalue weighted by Gasteiger charge is 2.12. The van der Waals surface area contributed by atoms with Crippen LogP contribution in [0.1, 0.15) is 11.7 Å². The molecule has 0 aliphatic carbocycles. The number of rotatable bonds is 2. The van der Waals surface area contributed by atoms with Crippen LogP contribution in [-0.2, 0) is 0 Å². The fraction of sp³-hybridized carbons (Fsp3) is 0.182. The van der Waals surface area contributed by atoms with Gasteiger partial charge in [0.1, 0.15) is 11.7 Å². The number of nitrogens with zero attached hydrogens (tertiary/aromatic N) is 3. The number of halogens is 1. The molecule has 74 valence electrons. The Hall–Kier alpha value is -1.66. The van der Waals surface area contributed by atoms with Crippen LogP contribution in [0.25, 0.3) is 10.9 Å². The van der Waals surface area contributed by atoms with Gasteiger partial charge in [0.05, 0.1) is 11.6 Å². The summed E-state index contributed by atoms with van der Waals surface area (Å²) in [7, 11) is 0. The first-order chi connectivity index (χ1) is 7.35. The first kappa shape index (κ1) is 9.88. The second-order valence-electron chi connectivity index (χ2n) is 3.12. The van der Waals surface area contributed by atoms with Gasteiger partial charge >= 0.3 is 0 Å². The zero-order valence-corrected chi connectivity index (χ0v) is 8.65. The highest BCUT2D eigenvalue weighted by atomic mass is 35.5. The summed E-state index contributed by atoms with van der Waals surface area (Å²) in [5.74, 6) is 0.275. The predicted molar refractivity (Wildman–Crippen MR) is 58.6 cm³/mol. The molecular formula is C11H8ClN3. The summed E-state index contributed by atoms with van der Waals surface area (Å²) >= 11 is 5.65. The molecule has 0 aliphatic rings. The molecule has 1 unspecified atom stereocenters. The van der Waals surface area contributed by atoms with Crippen LogP contribution < -0.4 is 0 Å². The van der Waals surface area contributed by atoms with E-state index in [2.05, 4.69) is 16.0 Å². The third-order valence-corrected chi connectivity index (χ3v) is 2.44. The monoisotopic (exact) mass is 217 g/mol.